The van der Waals surface area contributed by atoms with E-state index in [-0.39, 0.29) is 23.4 Å². The lowest BCUT2D eigenvalue weighted by atomic mass is 10.1. The van der Waals surface area contributed by atoms with E-state index in [2.05, 4.69) is 47.6 Å². The van der Waals surface area contributed by atoms with Gasteiger partial charge in [0.1, 0.15) is 53.1 Å². The molecule has 0 aliphatic carbocycles. The minimum absolute atomic E-state index is 0.0426. The SMILES string of the molecule is Cc1cn([C@H]2C[C@H](N=[N+]=N)[C@@H](COP(=O)(O)O)O2)c(=O)[nH]c1=O.Nc1ncnc2c1ncn2[C@@H]1O[C@H](COP(=O)(O)OP(=O)(O)OP(=O)(O)O)[C@@H](O)[C@H]1O. The Morgan fingerprint density at radius 3 is 2.24 bits per heavy atom. The van der Waals surface area contributed by atoms with Crippen LogP contribution >= 0.6 is 31.3 Å². The van der Waals surface area contributed by atoms with Crippen molar-refractivity contribution in [2.24, 2.45) is 5.11 Å². The van der Waals surface area contributed by atoms with Crippen molar-refractivity contribution in [2.45, 2.75) is 56.3 Å². The summed E-state index contributed by atoms with van der Waals surface area (Å²) in [7, 11) is -21.4. The topological polar surface area (TPSA) is 460 Å². The number of aromatic nitrogens is 6. The fourth-order valence-corrected chi connectivity index (χ4v) is 8.20. The van der Waals surface area contributed by atoms with Crippen molar-refractivity contribution in [1.82, 2.24) is 34.0 Å². The predicted molar refractivity (Wildman–Crippen MR) is 169 cm³/mol. The molecule has 2 aliphatic heterocycles. The molecule has 5 rings (SSSR count). The van der Waals surface area contributed by atoms with Crippen LogP contribution in [0.2, 0.25) is 0 Å². The van der Waals surface area contributed by atoms with E-state index >= 15 is 0 Å². The second kappa shape index (κ2) is 16.8. The number of phosphoric acid groups is 4. The Labute approximate surface area is 298 Å². The van der Waals surface area contributed by atoms with Gasteiger partial charge in [0.05, 0.1) is 19.5 Å². The van der Waals surface area contributed by atoms with Crippen LogP contribution < -0.4 is 21.9 Å². The maximum absolute atomic E-state index is 11.8. The van der Waals surface area contributed by atoms with Gasteiger partial charge in [-0.15, -0.1) is 0 Å². The van der Waals surface area contributed by atoms with Crippen LogP contribution in [-0.2, 0) is 45.4 Å². The zero-order valence-corrected chi connectivity index (χ0v) is 30.4. The van der Waals surface area contributed by atoms with Crippen molar-refractivity contribution < 1.29 is 85.0 Å². The number of rotatable bonds is 13. The fourth-order valence-electron chi connectivity index (χ4n) is 4.83. The number of nitrogens with one attached hydrogen (secondary N) is 2. The summed E-state index contributed by atoms with van der Waals surface area (Å²) in [6, 6.07) is -0.719. The highest BCUT2D eigenvalue weighted by Crippen LogP contribution is 2.66. The number of aliphatic hydroxyl groups is 2. The Morgan fingerprint density at radius 1 is 0.944 bits per heavy atom. The first-order valence-electron chi connectivity index (χ1n) is 14.4. The Morgan fingerprint density at radius 2 is 1.61 bits per heavy atom. The summed E-state index contributed by atoms with van der Waals surface area (Å²) in [4.78, 5) is 93.0. The predicted octanol–water partition coefficient (Wildman–Crippen LogP) is -2.47. The number of nitrogens with two attached hydrogens (primary N) is 1. The van der Waals surface area contributed by atoms with Crippen molar-refractivity contribution in [3.05, 3.63) is 45.3 Å². The third-order valence-corrected chi connectivity index (χ3v) is 11.4. The maximum Gasteiger partial charge on any atom is 0.490 e. The second-order valence-corrected chi connectivity index (χ2v) is 16.6. The lowest BCUT2D eigenvalue weighted by Crippen LogP contribution is -2.33. The van der Waals surface area contributed by atoms with E-state index in [4.69, 9.17) is 45.2 Å². The first-order chi connectivity index (χ1) is 24.9. The highest BCUT2D eigenvalue weighted by atomic mass is 31.3. The highest BCUT2D eigenvalue weighted by molar-refractivity contribution is 7.66. The molecule has 0 spiro atoms. The molecule has 2 aliphatic rings. The molecule has 5 heterocycles. The van der Waals surface area contributed by atoms with E-state index in [0.717, 1.165) is 10.9 Å². The van der Waals surface area contributed by atoms with Gasteiger partial charge in [-0.1, -0.05) is 0 Å². The van der Waals surface area contributed by atoms with Crippen molar-refractivity contribution in [2.75, 3.05) is 18.9 Å². The standard InChI is InChI=1S/C10H16N5O13P3.C10H14N5O7P/c11-8-5-9(13-2-12-8)15(3-14-5)10-7(17)6(16)4(26-10)1-25-30(21,22)28-31(23,24)27-29(18,19)20;1-5-3-15(10(17)12-9(5)16)8-2-6(13-14-11)7(22-8)4-21-23(18,19)20/h2-4,6-7,10,16-17H,1H2,(H,21,22)(H,23,24)(H2,11,12,13)(H2,18,19,20);3,6-8,11H,2,4H2,1H3,(H2-,12,16,17,18,19,20)/p+1/t4-,6-,7-,10-;6-,7+,8+/m10/s1. The van der Waals surface area contributed by atoms with Crippen LogP contribution in [-0.4, -0.2) is 112 Å². The minimum Gasteiger partial charge on any atom is -0.387 e. The van der Waals surface area contributed by atoms with Crippen LogP contribution in [0.1, 0.15) is 24.4 Å². The molecule has 0 saturated carbocycles. The van der Waals surface area contributed by atoms with E-state index in [9.17, 15) is 43.0 Å². The van der Waals surface area contributed by atoms with E-state index in [0.29, 0.717) is 5.56 Å². The number of hydrogen-bond donors (Lipinski definition) is 11. The Hall–Kier alpha value is -3.30. The molecule has 0 amide bonds. The van der Waals surface area contributed by atoms with Crippen molar-refractivity contribution in [1.29, 1.82) is 5.53 Å². The van der Waals surface area contributed by atoms with E-state index in [1.165, 1.54) is 24.0 Å². The quantitative estimate of drug-likeness (QED) is 0.0482. The molecule has 3 aromatic rings. The molecule has 54 heavy (non-hydrogen) atoms. The first-order valence-corrected chi connectivity index (χ1v) is 20.4. The van der Waals surface area contributed by atoms with Gasteiger partial charge in [-0.3, -0.25) is 28.0 Å². The van der Waals surface area contributed by atoms with Crippen LogP contribution in [0.15, 0.2) is 33.6 Å². The van der Waals surface area contributed by atoms with E-state index in [1.807, 2.05) is 0 Å². The lowest BCUT2D eigenvalue weighted by molar-refractivity contribution is -0.0503. The molecule has 2 unspecified atom stereocenters. The normalized spacial score (nSPS) is 26.7. The lowest BCUT2D eigenvalue weighted by Gasteiger charge is -2.19. The van der Waals surface area contributed by atoms with E-state index in [1.54, 1.807) is 0 Å². The second-order valence-electron chi connectivity index (χ2n) is 10.9. The maximum atomic E-state index is 11.8. The smallest absolute Gasteiger partial charge is 0.387 e. The molecule has 3 aromatic heterocycles. The minimum atomic E-state index is -5.70. The van der Waals surface area contributed by atoms with Gasteiger partial charge in [0.2, 0.25) is 4.91 Å². The number of anilines is 1. The van der Waals surface area contributed by atoms with Crippen molar-refractivity contribution >= 4 is 48.3 Å². The number of fused-ring (bicyclic) bond motifs is 1. The number of hydrogen-bond acceptors (Lipinski definition) is 20. The number of aliphatic hydroxyl groups excluding tert-OH is 2. The number of imidazole rings is 1. The molecule has 300 valence electrons. The van der Waals surface area contributed by atoms with Crippen LogP contribution in [0.3, 0.4) is 0 Å². The van der Waals surface area contributed by atoms with Crippen LogP contribution in [0.4, 0.5) is 5.82 Å². The first kappa shape index (κ1) is 43.4. The average Bonchev–Trinajstić information content (AvgIpc) is 3.72. The number of phosphoric ester groups is 2. The summed E-state index contributed by atoms with van der Waals surface area (Å²) in [5.41, 5.74) is 11.9. The zero-order valence-electron chi connectivity index (χ0n) is 26.9. The third kappa shape index (κ3) is 11.4. The van der Waals surface area contributed by atoms with Gasteiger partial charge in [0.25, 0.3) is 5.56 Å². The molecular formula is C20H31N10O20P4+. The van der Waals surface area contributed by atoms with Crippen molar-refractivity contribution in [3.63, 3.8) is 0 Å². The summed E-state index contributed by atoms with van der Waals surface area (Å²) in [6.45, 7) is 0.0722. The summed E-state index contributed by atoms with van der Waals surface area (Å²) in [5.74, 6) is 0.0426. The van der Waals surface area contributed by atoms with Gasteiger partial charge < -0.3 is 54.8 Å². The van der Waals surface area contributed by atoms with Crippen LogP contribution in [0.25, 0.3) is 11.2 Å². The van der Waals surface area contributed by atoms with Gasteiger partial charge in [0, 0.05) is 18.2 Å². The highest BCUT2D eigenvalue weighted by Gasteiger charge is 2.47. The largest absolute Gasteiger partial charge is 0.490 e. The molecule has 2 saturated heterocycles. The summed E-state index contributed by atoms with van der Waals surface area (Å²) in [6.07, 6.45) is -3.99. The molecule has 2 fully saturated rings. The number of aromatic amines is 1. The van der Waals surface area contributed by atoms with Gasteiger partial charge in [-0.05, 0) is 6.92 Å². The zero-order chi connectivity index (χ0) is 40.4. The summed E-state index contributed by atoms with van der Waals surface area (Å²) < 4.78 is 73.7. The van der Waals surface area contributed by atoms with Gasteiger partial charge in [-0.2, -0.15) is 8.62 Å². The monoisotopic (exact) mass is 855 g/mol. The van der Waals surface area contributed by atoms with Crippen molar-refractivity contribution in [3.8, 4) is 0 Å². The molecule has 0 aromatic carbocycles. The van der Waals surface area contributed by atoms with Gasteiger partial charge in [-0.25, -0.2) is 38.0 Å². The van der Waals surface area contributed by atoms with Gasteiger partial charge >= 0.3 is 37.0 Å². The molecular weight excluding hydrogens is 824 g/mol. The molecule has 9 atom stereocenters. The summed E-state index contributed by atoms with van der Waals surface area (Å²) >= 11 is 0. The number of H-pyrrole nitrogens is 1. The molecule has 0 bridgehead atoms. The fraction of sp³-hybridized carbons (Fsp3) is 0.550. The Kier molecular flexibility index (Phi) is 13.5. The summed E-state index contributed by atoms with van der Waals surface area (Å²) in [5, 5.41) is 24.0. The molecule has 30 nitrogen and oxygen atoms in total. The van der Waals surface area contributed by atoms with Gasteiger partial charge in [0.15, 0.2) is 23.7 Å². The third-order valence-electron chi connectivity index (χ3n) is 7.09. The Bertz CT molecular complexity index is 2200. The number of aryl methyl sites for hydroxylation is 1. The average molecular weight is 855 g/mol. The number of nitrogen functional groups attached to an aromatic ring is 1. The van der Waals surface area contributed by atoms with Crippen LogP contribution in [0, 0.1) is 12.5 Å². The number of nitrogens with zero attached hydrogens (tertiary/aromatic N) is 7. The van der Waals surface area contributed by atoms with Crippen LogP contribution in [0.5, 0.6) is 0 Å². The molecule has 34 heteroatoms. The number of ether oxygens (including phenoxy) is 2. The Balaban J connectivity index is 0.000000252. The molecule has 0 radical (unpaired) electrons. The van der Waals surface area contributed by atoms with E-state index < -0.39 is 98.7 Å². The molecule has 12 N–H and O–H groups in total.